The zero-order chi connectivity index (χ0) is 69.3. The Morgan fingerprint density at radius 2 is 0.604 bits per heavy atom. The predicted octanol–water partition coefficient (Wildman–Crippen LogP) is 28.5. The first-order valence-corrected chi connectivity index (χ1v) is 39.3. The largest absolute Gasteiger partial charge is 0.456 e. The highest BCUT2D eigenvalue weighted by Gasteiger charge is 2.52. The standard InChI is InChI=1S/2C49H29NOS2/c1-2-14-30(15-3-1)50(40-22-13-27-46-48(40)32-17-5-9-24-43(32)52-46)39-21-12-23-41-47(39)34-28-33-31-16-4-6-18-35(31)49(38(33)29-42(34)51-41)36-19-7-10-25-44(36)53-45-26-11-8-20-37(45)49;1-2-13-30(14-3-1)50(31-25-26-45-35(27-31)33-16-5-9-22-44(33)52-45)41-20-12-21-42-48(41)36-28-34-32-15-4-6-17-37(32)49(40(34)29-43(36)51-42)38-18-7-10-23-46(38)53-47-24-11-8-19-39(47)49/h2*1-29H. The Hall–Kier alpha value is -12.1. The lowest BCUT2D eigenvalue weighted by atomic mass is 9.67. The molecule has 6 heterocycles. The average Bonchev–Trinajstić information content (AvgIpc) is 1.50. The van der Waals surface area contributed by atoms with Crippen LogP contribution in [0.4, 0.5) is 34.1 Å². The molecular weight excluding hydrogens is 1370 g/mol. The minimum Gasteiger partial charge on any atom is -0.456 e. The van der Waals surface area contributed by atoms with Crippen molar-refractivity contribution < 1.29 is 8.83 Å². The van der Waals surface area contributed by atoms with Gasteiger partial charge in [-0.05, 0) is 206 Å². The maximum atomic E-state index is 6.96. The van der Waals surface area contributed by atoms with Crippen LogP contribution < -0.4 is 9.80 Å². The monoisotopic (exact) mass is 1420 g/mol. The van der Waals surface area contributed by atoms with E-state index in [1.54, 1.807) is 0 Å². The second-order valence-electron chi connectivity index (χ2n) is 27.9. The summed E-state index contributed by atoms with van der Waals surface area (Å²) in [5, 5.41) is 9.59. The van der Waals surface area contributed by atoms with Crippen LogP contribution in [0, 0.1) is 0 Å². The lowest BCUT2D eigenvalue weighted by molar-refractivity contribution is 0.664. The summed E-state index contributed by atoms with van der Waals surface area (Å²) >= 11 is 7.45. The van der Waals surface area contributed by atoms with E-state index in [0.717, 1.165) is 78.0 Å². The fourth-order valence-electron chi connectivity index (χ4n) is 18.5. The minimum absolute atomic E-state index is 0.449. The molecule has 2 aliphatic carbocycles. The zero-order valence-electron chi connectivity index (χ0n) is 56.8. The van der Waals surface area contributed by atoms with Gasteiger partial charge in [-0.25, -0.2) is 0 Å². The van der Waals surface area contributed by atoms with E-state index < -0.39 is 10.8 Å². The molecule has 496 valence electrons. The number of fused-ring (bicyclic) bond motifs is 30. The molecule has 4 aromatic heterocycles. The second kappa shape index (κ2) is 23.2. The number of benzene rings is 16. The normalized spacial score (nSPS) is 13.7. The summed E-state index contributed by atoms with van der Waals surface area (Å²) in [5.41, 5.74) is 25.0. The lowest BCUT2D eigenvalue weighted by Crippen LogP contribution is -2.31. The topological polar surface area (TPSA) is 32.8 Å². The molecule has 4 nitrogen and oxygen atoms in total. The van der Waals surface area contributed by atoms with Crippen molar-refractivity contribution in [1.29, 1.82) is 0 Å². The van der Waals surface area contributed by atoms with Gasteiger partial charge in [0.1, 0.15) is 22.3 Å². The minimum atomic E-state index is -0.452. The number of thiophene rings is 2. The fourth-order valence-corrected chi connectivity index (χ4v) is 23.1. The highest BCUT2D eigenvalue weighted by Crippen LogP contribution is 2.66. The molecular formula is C98H58N2O2S4. The molecule has 20 aromatic rings. The van der Waals surface area contributed by atoms with Gasteiger partial charge in [0.25, 0.3) is 0 Å². The third-order valence-corrected chi connectivity index (χ3v) is 27.2. The summed E-state index contributed by atoms with van der Waals surface area (Å²) < 4.78 is 19.1. The second-order valence-corrected chi connectivity index (χ2v) is 32.3. The summed E-state index contributed by atoms with van der Waals surface area (Å²) in [4.78, 5) is 10.0. The number of nitrogens with zero attached hydrogens (tertiary/aromatic N) is 2. The molecule has 8 heteroatoms. The summed E-state index contributed by atoms with van der Waals surface area (Å²) in [7, 11) is 0. The van der Waals surface area contributed by atoms with Crippen LogP contribution in [0.2, 0.25) is 0 Å². The SMILES string of the molecule is c1ccc(N(c2ccc3sc4ccccc4c3c2)c2cccc3oc4cc5c(cc4c23)-c2ccccc2C52c3ccccc3Sc3ccccc32)cc1.c1ccc(N(c2cccc3oc4cc5c(cc4c23)-c2ccccc2C52c3ccccc3Sc3ccccc32)c2cccc3sc4ccccc4c23)cc1. The molecule has 0 fully saturated rings. The highest BCUT2D eigenvalue weighted by atomic mass is 32.2. The molecule has 106 heavy (non-hydrogen) atoms. The van der Waals surface area contributed by atoms with Crippen molar-refractivity contribution in [2.45, 2.75) is 30.4 Å². The summed E-state index contributed by atoms with van der Waals surface area (Å²) in [6, 6.07) is 129. The average molecular weight is 1420 g/mol. The van der Waals surface area contributed by atoms with E-state index in [2.05, 4.69) is 362 Å². The van der Waals surface area contributed by atoms with Crippen molar-refractivity contribution in [3.8, 4) is 22.3 Å². The van der Waals surface area contributed by atoms with Gasteiger partial charge in [0, 0.05) is 87.8 Å². The van der Waals surface area contributed by atoms with Crippen molar-refractivity contribution in [3.05, 3.63) is 396 Å². The van der Waals surface area contributed by atoms with Gasteiger partial charge in [-0.15, -0.1) is 22.7 Å². The summed E-state index contributed by atoms with van der Waals surface area (Å²) in [6.45, 7) is 0. The lowest BCUT2D eigenvalue weighted by Gasteiger charge is -2.39. The van der Waals surface area contributed by atoms with Crippen LogP contribution in [0.15, 0.2) is 380 Å². The Bertz CT molecular complexity index is 6990. The Labute approximate surface area is 627 Å². The van der Waals surface area contributed by atoms with E-state index in [1.165, 1.54) is 127 Å². The van der Waals surface area contributed by atoms with E-state index >= 15 is 0 Å². The maximum absolute atomic E-state index is 6.96. The number of hydrogen-bond donors (Lipinski definition) is 0. The van der Waals surface area contributed by atoms with Crippen LogP contribution in [0.5, 0.6) is 0 Å². The maximum Gasteiger partial charge on any atom is 0.137 e. The molecule has 0 amide bonds. The van der Waals surface area contributed by atoms with Gasteiger partial charge in [0.15, 0.2) is 0 Å². The Morgan fingerprint density at radius 1 is 0.217 bits per heavy atom. The number of hydrogen-bond acceptors (Lipinski definition) is 8. The van der Waals surface area contributed by atoms with E-state index in [9.17, 15) is 0 Å². The number of furan rings is 2. The molecule has 2 spiro atoms. The molecule has 0 radical (unpaired) electrons. The van der Waals surface area contributed by atoms with Gasteiger partial charge in [0.2, 0.25) is 0 Å². The van der Waals surface area contributed by atoms with Crippen molar-refractivity contribution in [3.63, 3.8) is 0 Å². The van der Waals surface area contributed by atoms with Crippen molar-refractivity contribution >= 4 is 165 Å². The van der Waals surface area contributed by atoms with Crippen LogP contribution in [-0.2, 0) is 10.8 Å². The Balaban J connectivity index is 0.000000129. The summed E-state index contributed by atoms with van der Waals surface area (Å²) in [6.07, 6.45) is 0. The first kappa shape index (κ1) is 60.3. The summed E-state index contributed by atoms with van der Waals surface area (Å²) in [5.74, 6) is 0. The van der Waals surface area contributed by atoms with Crippen LogP contribution in [0.3, 0.4) is 0 Å². The predicted molar refractivity (Wildman–Crippen MR) is 445 cm³/mol. The number of para-hydroxylation sites is 2. The van der Waals surface area contributed by atoms with E-state index in [1.807, 2.05) is 46.2 Å². The number of anilines is 6. The van der Waals surface area contributed by atoms with Crippen molar-refractivity contribution in [2.75, 3.05) is 9.80 Å². The molecule has 0 saturated heterocycles. The van der Waals surface area contributed by atoms with Gasteiger partial charge in [0.05, 0.1) is 38.7 Å². The smallest absolute Gasteiger partial charge is 0.137 e. The van der Waals surface area contributed by atoms with Gasteiger partial charge < -0.3 is 18.6 Å². The molecule has 0 bridgehead atoms. The van der Waals surface area contributed by atoms with Crippen LogP contribution in [0.25, 0.3) is 106 Å². The molecule has 0 atom stereocenters. The molecule has 0 N–H and O–H groups in total. The number of rotatable bonds is 6. The molecule has 0 saturated carbocycles. The van der Waals surface area contributed by atoms with E-state index in [4.69, 9.17) is 8.83 Å². The van der Waals surface area contributed by atoms with E-state index in [-0.39, 0.29) is 0 Å². The van der Waals surface area contributed by atoms with E-state index in [0.29, 0.717) is 0 Å². The quantitative estimate of drug-likeness (QED) is 0.165. The first-order valence-electron chi connectivity index (χ1n) is 36.0. The third kappa shape index (κ3) is 8.49. The van der Waals surface area contributed by atoms with Crippen molar-refractivity contribution in [2.24, 2.45) is 0 Å². The zero-order valence-corrected chi connectivity index (χ0v) is 60.1. The van der Waals surface area contributed by atoms with Gasteiger partial charge in [-0.1, -0.05) is 236 Å². The highest BCUT2D eigenvalue weighted by molar-refractivity contribution is 7.99. The molecule has 2 aliphatic heterocycles. The molecule has 24 rings (SSSR count). The Morgan fingerprint density at radius 3 is 1.13 bits per heavy atom. The third-order valence-electron chi connectivity index (χ3n) is 22.6. The molecule has 0 unspecified atom stereocenters. The molecule has 16 aromatic carbocycles. The first-order chi connectivity index (χ1) is 52.6. The van der Waals surface area contributed by atoms with Crippen LogP contribution in [0.1, 0.15) is 44.5 Å². The Kier molecular flexibility index (Phi) is 13.2. The van der Waals surface area contributed by atoms with Crippen LogP contribution >= 0.6 is 46.2 Å². The van der Waals surface area contributed by atoms with Gasteiger partial charge in [-0.3, -0.25) is 0 Å². The molecule has 4 aliphatic rings. The van der Waals surface area contributed by atoms with Crippen molar-refractivity contribution in [1.82, 2.24) is 0 Å². The van der Waals surface area contributed by atoms with Gasteiger partial charge >= 0.3 is 0 Å². The van der Waals surface area contributed by atoms with Crippen LogP contribution in [-0.4, -0.2) is 0 Å². The van der Waals surface area contributed by atoms with Gasteiger partial charge in [-0.2, -0.15) is 0 Å². The fraction of sp³-hybridized carbons (Fsp3) is 0.0204.